The van der Waals surface area contributed by atoms with Crippen LogP contribution in [-0.2, 0) is 15.4 Å². The van der Waals surface area contributed by atoms with Crippen LogP contribution in [0, 0.1) is 0 Å². The van der Waals surface area contributed by atoms with Gasteiger partial charge in [0.15, 0.2) is 0 Å². The molecule has 0 saturated carbocycles. The molecule has 1 fully saturated rings. The van der Waals surface area contributed by atoms with E-state index in [0.29, 0.717) is 18.0 Å². The van der Waals surface area contributed by atoms with Gasteiger partial charge in [0, 0.05) is 19.1 Å². The largest absolute Gasteiger partial charge is 0.316 e. The summed E-state index contributed by atoms with van der Waals surface area (Å²) in [7, 11) is -1.49. The first-order valence-corrected chi connectivity index (χ1v) is 8.97. The number of piperidine rings is 1. The normalized spacial score (nSPS) is 20.5. The summed E-state index contributed by atoms with van der Waals surface area (Å²) in [5.74, 6) is 0. The number of nitrogens with one attached hydrogen (secondary N) is 1. The van der Waals surface area contributed by atoms with Gasteiger partial charge in [0.1, 0.15) is 0 Å². The van der Waals surface area contributed by atoms with Gasteiger partial charge in [0.25, 0.3) is 0 Å². The van der Waals surface area contributed by atoms with Gasteiger partial charge in [0.2, 0.25) is 10.0 Å². The van der Waals surface area contributed by atoms with Crippen LogP contribution in [0.15, 0.2) is 29.2 Å². The van der Waals surface area contributed by atoms with E-state index in [1.165, 1.54) is 0 Å². The van der Waals surface area contributed by atoms with Gasteiger partial charge >= 0.3 is 0 Å². The molecule has 2 rings (SSSR count). The molecule has 1 unspecified atom stereocenters. The van der Waals surface area contributed by atoms with E-state index in [9.17, 15) is 8.42 Å². The van der Waals surface area contributed by atoms with Crippen LogP contribution in [0.5, 0.6) is 0 Å². The van der Waals surface area contributed by atoms with Crippen molar-refractivity contribution in [3.8, 4) is 0 Å². The fourth-order valence-electron chi connectivity index (χ4n) is 2.67. The molecule has 0 aromatic heterocycles. The van der Waals surface area contributed by atoms with Crippen LogP contribution in [0.1, 0.15) is 39.2 Å². The average Bonchev–Trinajstić information content (AvgIpc) is 2.46. The van der Waals surface area contributed by atoms with Crippen molar-refractivity contribution >= 4 is 22.4 Å². The second-order valence-corrected chi connectivity index (χ2v) is 8.70. The summed E-state index contributed by atoms with van der Waals surface area (Å²) in [6.45, 7) is 7.54. The van der Waals surface area contributed by atoms with Crippen molar-refractivity contribution in [2.24, 2.45) is 0 Å². The molecule has 1 aliphatic rings. The summed E-state index contributed by atoms with van der Waals surface area (Å²) < 4.78 is 27.0. The van der Waals surface area contributed by atoms with E-state index in [4.69, 9.17) is 0 Å². The van der Waals surface area contributed by atoms with Crippen molar-refractivity contribution < 1.29 is 8.42 Å². The van der Waals surface area contributed by atoms with E-state index < -0.39 is 10.0 Å². The SMILES string of the molecule is CNC1CCCN(S(=O)(=O)c2ccc(C(C)(C)C)cc2)C1.Cl. The molecule has 1 saturated heterocycles. The molecule has 0 bridgehead atoms. The maximum Gasteiger partial charge on any atom is 0.243 e. The molecule has 1 heterocycles. The quantitative estimate of drug-likeness (QED) is 0.915. The first-order chi connectivity index (χ1) is 9.75. The summed E-state index contributed by atoms with van der Waals surface area (Å²) in [5.41, 5.74) is 1.18. The van der Waals surface area contributed by atoms with Gasteiger partial charge in [-0.25, -0.2) is 8.42 Å². The molecule has 1 aliphatic heterocycles. The first kappa shape index (κ1) is 19.4. The van der Waals surface area contributed by atoms with Crippen molar-refractivity contribution in [3.05, 3.63) is 29.8 Å². The smallest absolute Gasteiger partial charge is 0.243 e. The summed E-state index contributed by atoms with van der Waals surface area (Å²) >= 11 is 0. The minimum Gasteiger partial charge on any atom is -0.316 e. The number of nitrogens with zero attached hydrogens (tertiary/aromatic N) is 1. The Morgan fingerprint density at radius 2 is 1.77 bits per heavy atom. The van der Waals surface area contributed by atoms with Gasteiger partial charge in [-0.3, -0.25) is 0 Å². The van der Waals surface area contributed by atoms with E-state index in [1.807, 2.05) is 19.2 Å². The van der Waals surface area contributed by atoms with E-state index in [0.717, 1.165) is 18.4 Å². The lowest BCUT2D eigenvalue weighted by molar-refractivity contribution is 0.293. The van der Waals surface area contributed by atoms with Crippen LogP contribution in [0.25, 0.3) is 0 Å². The van der Waals surface area contributed by atoms with Gasteiger partial charge in [-0.1, -0.05) is 32.9 Å². The van der Waals surface area contributed by atoms with E-state index in [1.54, 1.807) is 16.4 Å². The maximum atomic E-state index is 12.7. The van der Waals surface area contributed by atoms with Gasteiger partial charge in [-0.2, -0.15) is 4.31 Å². The Hall–Kier alpha value is -0.620. The number of benzene rings is 1. The highest BCUT2D eigenvalue weighted by atomic mass is 35.5. The fraction of sp³-hybridized carbons (Fsp3) is 0.625. The highest BCUT2D eigenvalue weighted by Crippen LogP contribution is 2.25. The lowest BCUT2D eigenvalue weighted by atomic mass is 9.87. The zero-order chi connectivity index (χ0) is 15.7. The molecular weight excluding hydrogens is 320 g/mol. The van der Waals surface area contributed by atoms with Gasteiger partial charge in [-0.05, 0) is 43.0 Å². The molecule has 0 amide bonds. The van der Waals surface area contributed by atoms with Crippen molar-refractivity contribution in [1.29, 1.82) is 0 Å². The molecule has 1 N–H and O–H groups in total. The zero-order valence-corrected chi connectivity index (χ0v) is 15.4. The predicted octanol–water partition coefficient (Wildman–Crippen LogP) is 2.78. The Kier molecular flexibility index (Phi) is 6.45. The Morgan fingerprint density at radius 3 is 2.27 bits per heavy atom. The third-order valence-electron chi connectivity index (χ3n) is 4.15. The molecule has 0 aliphatic carbocycles. The van der Waals surface area contributed by atoms with E-state index in [-0.39, 0.29) is 23.9 Å². The maximum absolute atomic E-state index is 12.7. The summed E-state index contributed by atoms with van der Waals surface area (Å²) in [6.07, 6.45) is 1.94. The molecule has 1 aromatic carbocycles. The lowest BCUT2D eigenvalue weighted by Gasteiger charge is -2.31. The predicted molar refractivity (Wildman–Crippen MR) is 93.2 cm³/mol. The average molecular weight is 347 g/mol. The minimum absolute atomic E-state index is 0. The highest BCUT2D eigenvalue weighted by molar-refractivity contribution is 7.89. The number of hydrogen-bond donors (Lipinski definition) is 1. The molecule has 0 radical (unpaired) electrons. The monoisotopic (exact) mass is 346 g/mol. The molecule has 0 spiro atoms. The summed E-state index contributed by atoms with van der Waals surface area (Å²) in [6, 6.07) is 7.57. The van der Waals surface area contributed by atoms with Crippen LogP contribution in [0.4, 0.5) is 0 Å². The van der Waals surface area contributed by atoms with Crippen LogP contribution in [-0.4, -0.2) is 38.9 Å². The van der Waals surface area contributed by atoms with Crippen molar-refractivity contribution in [2.75, 3.05) is 20.1 Å². The zero-order valence-electron chi connectivity index (χ0n) is 13.8. The molecule has 1 atom stereocenters. The van der Waals surface area contributed by atoms with Gasteiger partial charge in [-0.15, -0.1) is 12.4 Å². The number of rotatable bonds is 3. The Balaban J connectivity index is 0.00000242. The summed E-state index contributed by atoms with van der Waals surface area (Å²) in [4.78, 5) is 0.396. The lowest BCUT2D eigenvalue weighted by Crippen LogP contribution is -2.46. The Morgan fingerprint density at radius 1 is 1.18 bits per heavy atom. The first-order valence-electron chi connectivity index (χ1n) is 7.53. The van der Waals surface area contributed by atoms with E-state index in [2.05, 4.69) is 26.1 Å². The molecular formula is C16H27ClN2O2S. The van der Waals surface area contributed by atoms with Crippen molar-refractivity contribution in [2.45, 2.75) is 50.0 Å². The van der Waals surface area contributed by atoms with Gasteiger partial charge < -0.3 is 5.32 Å². The molecule has 1 aromatic rings. The van der Waals surface area contributed by atoms with Crippen LogP contribution < -0.4 is 5.32 Å². The summed E-state index contributed by atoms with van der Waals surface area (Å²) in [5, 5.41) is 3.18. The Labute approximate surface area is 140 Å². The van der Waals surface area contributed by atoms with Crippen LogP contribution >= 0.6 is 12.4 Å². The Bertz CT molecular complexity index is 579. The van der Waals surface area contributed by atoms with Crippen LogP contribution in [0.3, 0.4) is 0 Å². The molecule has 6 heteroatoms. The number of hydrogen-bond acceptors (Lipinski definition) is 3. The van der Waals surface area contributed by atoms with Crippen molar-refractivity contribution in [1.82, 2.24) is 9.62 Å². The minimum atomic E-state index is -3.37. The van der Waals surface area contributed by atoms with Crippen LogP contribution in [0.2, 0.25) is 0 Å². The standard InChI is InChI=1S/C16H26N2O2S.ClH/c1-16(2,3)13-7-9-15(10-8-13)21(19,20)18-11-5-6-14(12-18)17-4;/h7-10,14,17H,5-6,11-12H2,1-4H3;1H. The van der Waals surface area contributed by atoms with Gasteiger partial charge in [0.05, 0.1) is 4.90 Å². The van der Waals surface area contributed by atoms with E-state index >= 15 is 0 Å². The highest BCUT2D eigenvalue weighted by Gasteiger charge is 2.29. The van der Waals surface area contributed by atoms with Crippen molar-refractivity contribution in [3.63, 3.8) is 0 Å². The number of sulfonamides is 1. The second kappa shape index (κ2) is 7.30. The molecule has 126 valence electrons. The fourth-order valence-corrected chi connectivity index (χ4v) is 4.20. The third-order valence-corrected chi connectivity index (χ3v) is 6.03. The molecule has 4 nitrogen and oxygen atoms in total. The third kappa shape index (κ3) is 4.22. The number of halogens is 1. The second-order valence-electron chi connectivity index (χ2n) is 6.77. The number of likely N-dealkylation sites (N-methyl/N-ethyl adjacent to an activating group) is 1. The molecule has 22 heavy (non-hydrogen) atoms. The topological polar surface area (TPSA) is 49.4 Å².